The van der Waals surface area contributed by atoms with Crippen molar-refractivity contribution in [3.05, 3.63) is 60.2 Å². The van der Waals surface area contributed by atoms with Crippen LogP contribution in [0.3, 0.4) is 0 Å². The Hall–Kier alpha value is -2.53. The van der Waals surface area contributed by atoms with Gasteiger partial charge in [-0.25, -0.2) is 4.79 Å². The van der Waals surface area contributed by atoms with Crippen LogP contribution in [-0.2, 0) is 6.54 Å². The van der Waals surface area contributed by atoms with Crippen LogP contribution in [-0.4, -0.2) is 42.8 Å². The molecule has 2 aromatic carbocycles. The van der Waals surface area contributed by atoms with Gasteiger partial charge in [-0.1, -0.05) is 30.3 Å². The highest BCUT2D eigenvalue weighted by atomic mass is 16.3. The Kier molecular flexibility index (Phi) is 5.56. The molecule has 1 atom stereocenters. The molecule has 1 saturated heterocycles. The fourth-order valence-electron chi connectivity index (χ4n) is 3.12. The predicted octanol–water partition coefficient (Wildman–Crippen LogP) is 3.17. The molecule has 1 heterocycles. The van der Waals surface area contributed by atoms with Crippen molar-refractivity contribution in [3.8, 4) is 0 Å². The third-order valence-corrected chi connectivity index (χ3v) is 4.65. The van der Waals surface area contributed by atoms with Crippen molar-refractivity contribution in [2.75, 3.05) is 37.0 Å². The zero-order chi connectivity index (χ0) is 17.6. The maximum Gasteiger partial charge on any atom is 0.321 e. The molecule has 5 heteroatoms. The average molecular weight is 339 g/mol. The summed E-state index contributed by atoms with van der Waals surface area (Å²) in [5.41, 5.74) is 3.15. The Bertz CT molecular complexity index is 688. The van der Waals surface area contributed by atoms with E-state index in [2.05, 4.69) is 29.4 Å². The Morgan fingerprint density at radius 2 is 1.92 bits per heavy atom. The first-order valence-corrected chi connectivity index (χ1v) is 8.67. The zero-order valence-electron chi connectivity index (χ0n) is 14.6. The second-order valence-electron chi connectivity index (χ2n) is 6.60. The second-order valence-corrected chi connectivity index (χ2v) is 6.60. The minimum absolute atomic E-state index is 0.0960. The molecule has 0 aliphatic carbocycles. The fraction of sp³-hybridized carbons (Fsp3) is 0.350. The molecule has 0 spiro atoms. The monoisotopic (exact) mass is 339 g/mol. The normalized spacial score (nSPS) is 16.7. The summed E-state index contributed by atoms with van der Waals surface area (Å²) in [5.74, 6) is 0.208. The van der Waals surface area contributed by atoms with Crippen LogP contribution in [0.15, 0.2) is 54.6 Å². The summed E-state index contributed by atoms with van der Waals surface area (Å²) in [5, 5.41) is 12.1. The number of carbonyl (C=O) groups is 1. The van der Waals surface area contributed by atoms with Crippen LogP contribution < -0.4 is 10.2 Å². The van der Waals surface area contributed by atoms with Crippen molar-refractivity contribution >= 4 is 17.4 Å². The highest BCUT2D eigenvalue weighted by molar-refractivity contribution is 5.89. The van der Waals surface area contributed by atoms with Gasteiger partial charge in [0.05, 0.1) is 0 Å². The number of hydrogen-bond acceptors (Lipinski definition) is 3. The SMILES string of the molecule is CN(Cc1ccccc1)c1ccc(NC(=O)N2CCC(CO)C2)cc1. The number of aliphatic hydroxyl groups excluding tert-OH is 1. The van der Waals surface area contributed by atoms with Gasteiger partial charge < -0.3 is 20.2 Å². The number of benzene rings is 2. The number of aliphatic hydroxyl groups is 1. The van der Waals surface area contributed by atoms with E-state index in [4.69, 9.17) is 0 Å². The highest BCUT2D eigenvalue weighted by Crippen LogP contribution is 2.20. The number of urea groups is 1. The van der Waals surface area contributed by atoms with Crippen LogP contribution in [0.5, 0.6) is 0 Å². The first kappa shape index (κ1) is 17.3. The zero-order valence-corrected chi connectivity index (χ0v) is 14.6. The minimum atomic E-state index is -0.0960. The summed E-state index contributed by atoms with van der Waals surface area (Å²) in [6.07, 6.45) is 0.868. The number of nitrogens with one attached hydrogen (secondary N) is 1. The van der Waals surface area contributed by atoms with E-state index in [1.165, 1.54) is 5.56 Å². The summed E-state index contributed by atoms with van der Waals surface area (Å²) in [6.45, 7) is 2.31. The van der Waals surface area contributed by atoms with Crippen molar-refractivity contribution < 1.29 is 9.90 Å². The van der Waals surface area contributed by atoms with Gasteiger partial charge in [0.25, 0.3) is 0 Å². The molecular formula is C20H25N3O2. The summed E-state index contributed by atoms with van der Waals surface area (Å²) >= 11 is 0. The Labute approximate surface area is 148 Å². The van der Waals surface area contributed by atoms with E-state index in [9.17, 15) is 9.90 Å². The third-order valence-electron chi connectivity index (χ3n) is 4.65. The van der Waals surface area contributed by atoms with Crippen LogP contribution in [0.2, 0.25) is 0 Å². The van der Waals surface area contributed by atoms with Gasteiger partial charge in [0.2, 0.25) is 0 Å². The van der Waals surface area contributed by atoms with Crippen molar-refractivity contribution in [2.45, 2.75) is 13.0 Å². The highest BCUT2D eigenvalue weighted by Gasteiger charge is 2.25. The van der Waals surface area contributed by atoms with E-state index in [0.29, 0.717) is 13.1 Å². The lowest BCUT2D eigenvalue weighted by molar-refractivity contribution is 0.209. The number of amides is 2. The van der Waals surface area contributed by atoms with Gasteiger partial charge in [-0.3, -0.25) is 0 Å². The summed E-state index contributed by atoms with van der Waals surface area (Å²) in [6, 6.07) is 18.1. The lowest BCUT2D eigenvalue weighted by Gasteiger charge is -2.20. The Balaban J connectivity index is 1.56. The molecule has 1 aliphatic rings. The average Bonchev–Trinajstić information content (AvgIpc) is 3.12. The van der Waals surface area contributed by atoms with E-state index in [1.807, 2.05) is 42.5 Å². The lowest BCUT2D eigenvalue weighted by atomic mass is 10.1. The number of anilines is 2. The number of rotatable bonds is 5. The molecule has 0 saturated carbocycles. The molecule has 132 valence electrons. The smallest absolute Gasteiger partial charge is 0.321 e. The molecule has 0 aromatic heterocycles. The van der Waals surface area contributed by atoms with Gasteiger partial charge in [0, 0.05) is 50.6 Å². The molecule has 0 radical (unpaired) electrons. The van der Waals surface area contributed by atoms with Crippen molar-refractivity contribution in [3.63, 3.8) is 0 Å². The minimum Gasteiger partial charge on any atom is -0.396 e. The lowest BCUT2D eigenvalue weighted by Crippen LogP contribution is -2.33. The number of nitrogens with zero attached hydrogens (tertiary/aromatic N) is 2. The molecule has 3 rings (SSSR count). The van der Waals surface area contributed by atoms with E-state index in [-0.39, 0.29) is 18.6 Å². The van der Waals surface area contributed by atoms with Crippen molar-refractivity contribution in [1.29, 1.82) is 0 Å². The van der Waals surface area contributed by atoms with Crippen LogP contribution in [0, 0.1) is 5.92 Å². The molecule has 5 nitrogen and oxygen atoms in total. The van der Waals surface area contributed by atoms with Crippen LogP contribution in [0.4, 0.5) is 16.2 Å². The maximum atomic E-state index is 12.3. The number of hydrogen-bond donors (Lipinski definition) is 2. The summed E-state index contributed by atoms with van der Waals surface area (Å²) < 4.78 is 0. The molecule has 2 aromatic rings. The first-order valence-electron chi connectivity index (χ1n) is 8.67. The Morgan fingerprint density at radius 3 is 2.56 bits per heavy atom. The largest absolute Gasteiger partial charge is 0.396 e. The van der Waals surface area contributed by atoms with Gasteiger partial charge in [0.15, 0.2) is 0 Å². The standard InChI is InChI=1S/C20H25N3O2/c1-22(13-16-5-3-2-4-6-16)19-9-7-18(8-10-19)21-20(25)23-12-11-17(14-23)15-24/h2-10,17,24H,11-15H2,1H3,(H,21,25). The molecule has 0 bridgehead atoms. The third kappa shape index (κ3) is 4.51. The molecule has 1 unspecified atom stereocenters. The van der Waals surface area contributed by atoms with Crippen LogP contribution >= 0.6 is 0 Å². The summed E-state index contributed by atoms with van der Waals surface area (Å²) in [4.78, 5) is 16.2. The van der Waals surface area contributed by atoms with E-state index in [1.54, 1.807) is 4.90 Å². The molecule has 1 fully saturated rings. The van der Waals surface area contributed by atoms with Gasteiger partial charge in [-0.05, 0) is 36.2 Å². The fourth-order valence-corrected chi connectivity index (χ4v) is 3.12. The van der Waals surface area contributed by atoms with Crippen LogP contribution in [0.25, 0.3) is 0 Å². The van der Waals surface area contributed by atoms with E-state index < -0.39 is 0 Å². The van der Waals surface area contributed by atoms with Gasteiger partial charge >= 0.3 is 6.03 Å². The summed E-state index contributed by atoms with van der Waals surface area (Å²) in [7, 11) is 2.06. The molecule has 25 heavy (non-hydrogen) atoms. The van der Waals surface area contributed by atoms with E-state index >= 15 is 0 Å². The molecular weight excluding hydrogens is 314 g/mol. The Morgan fingerprint density at radius 1 is 1.20 bits per heavy atom. The topological polar surface area (TPSA) is 55.8 Å². The first-order chi connectivity index (χ1) is 12.2. The van der Waals surface area contributed by atoms with Crippen molar-refractivity contribution in [1.82, 2.24) is 4.90 Å². The van der Waals surface area contributed by atoms with E-state index in [0.717, 1.165) is 24.3 Å². The van der Waals surface area contributed by atoms with Gasteiger partial charge in [-0.15, -0.1) is 0 Å². The molecule has 1 aliphatic heterocycles. The number of carbonyl (C=O) groups excluding carboxylic acids is 1. The second kappa shape index (κ2) is 8.03. The van der Waals surface area contributed by atoms with Gasteiger partial charge in [-0.2, -0.15) is 0 Å². The molecule has 2 N–H and O–H groups in total. The maximum absolute atomic E-state index is 12.3. The van der Waals surface area contributed by atoms with Crippen LogP contribution in [0.1, 0.15) is 12.0 Å². The van der Waals surface area contributed by atoms with Gasteiger partial charge in [0.1, 0.15) is 0 Å². The predicted molar refractivity (Wildman–Crippen MR) is 101 cm³/mol. The number of likely N-dealkylation sites (tertiary alicyclic amines) is 1. The molecule has 2 amide bonds. The quantitative estimate of drug-likeness (QED) is 0.880. The van der Waals surface area contributed by atoms with Crippen molar-refractivity contribution in [2.24, 2.45) is 5.92 Å².